The van der Waals surface area contributed by atoms with Crippen LogP contribution in [0.2, 0.25) is 0 Å². The van der Waals surface area contributed by atoms with E-state index in [0.717, 1.165) is 83.8 Å². The minimum Gasteiger partial charge on any atom is -0.388 e. The van der Waals surface area contributed by atoms with E-state index in [1.807, 2.05) is 13.1 Å². The van der Waals surface area contributed by atoms with Crippen molar-refractivity contribution >= 4 is 11.8 Å². The molecule has 2 amide bonds. The zero-order valence-corrected chi connectivity index (χ0v) is 28.2. The lowest BCUT2D eigenvalue weighted by Gasteiger charge is -2.36. The van der Waals surface area contributed by atoms with E-state index in [2.05, 4.69) is 92.9 Å². The van der Waals surface area contributed by atoms with Crippen LogP contribution in [-0.4, -0.2) is 66.3 Å². The molecule has 6 N–H and O–H groups in total. The van der Waals surface area contributed by atoms with Crippen molar-refractivity contribution in [1.29, 1.82) is 0 Å². The maximum absolute atomic E-state index is 12.7. The Kier molecular flexibility index (Phi) is 9.85. The summed E-state index contributed by atoms with van der Waals surface area (Å²) >= 11 is 0. The van der Waals surface area contributed by atoms with Crippen LogP contribution in [0.5, 0.6) is 0 Å². The highest BCUT2D eigenvalue weighted by molar-refractivity contribution is 5.77. The highest BCUT2D eigenvalue weighted by atomic mass is 16.3. The second-order valence-electron chi connectivity index (χ2n) is 14.4. The quantitative estimate of drug-likeness (QED) is 0.101. The summed E-state index contributed by atoms with van der Waals surface area (Å²) in [5.41, 5.74) is 4.53. The van der Waals surface area contributed by atoms with Crippen LogP contribution in [0.4, 0.5) is 0 Å². The number of benzene rings is 2. The van der Waals surface area contributed by atoms with Gasteiger partial charge in [0.2, 0.25) is 11.8 Å². The summed E-state index contributed by atoms with van der Waals surface area (Å²) in [6.45, 7) is 6.79. The Balaban J connectivity index is 1.04. The molecular formula is C38H48N6O4. The molecule has 2 aromatic heterocycles. The fourth-order valence-corrected chi connectivity index (χ4v) is 6.51. The second kappa shape index (κ2) is 14.1. The fraction of sp³-hybridized carbons (Fsp3) is 0.474. The minimum absolute atomic E-state index is 0.0577. The van der Waals surface area contributed by atoms with Crippen molar-refractivity contribution in [2.75, 3.05) is 13.1 Å². The molecule has 2 heterocycles. The second-order valence-corrected chi connectivity index (χ2v) is 14.4. The number of aromatic nitrogens is 4. The van der Waals surface area contributed by atoms with Gasteiger partial charge in [-0.25, -0.2) is 9.97 Å². The normalized spacial score (nSPS) is 17.6. The molecule has 6 rings (SSSR count). The lowest BCUT2D eigenvalue weighted by molar-refractivity contribution is -0.124. The van der Waals surface area contributed by atoms with E-state index in [9.17, 15) is 19.8 Å². The van der Waals surface area contributed by atoms with Crippen LogP contribution in [-0.2, 0) is 9.59 Å². The number of nitrogens with zero attached hydrogens (tertiary/aromatic N) is 2. The Hall–Kier alpha value is -4.28. The van der Waals surface area contributed by atoms with Gasteiger partial charge in [0.05, 0.1) is 35.0 Å². The summed E-state index contributed by atoms with van der Waals surface area (Å²) in [5.74, 6) is 1.49. The van der Waals surface area contributed by atoms with Gasteiger partial charge in [0.15, 0.2) is 0 Å². The molecule has 2 fully saturated rings. The highest BCUT2D eigenvalue weighted by Crippen LogP contribution is 2.33. The molecule has 2 atom stereocenters. The van der Waals surface area contributed by atoms with Gasteiger partial charge in [0.25, 0.3) is 0 Å². The molecule has 2 saturated carbocycles. The number of aliphatic hydroxyl groups is 2. The van der Waals surface area contributed by atoms with Crippen LogP contribution < -0.4 is 10.6 Å². The van der Waals surface area contributed by atoms with E-state index >= 15 is 0 Å². The molecule has 48 heavy (non-hydrogen) atoms. The van der Waals surface area contributed by atoms with E-state index in [-0.39, 0.29) is 29.6 Å². The van der Waals surface area contributed by atoms with Crippen molar-refractivity contribution in [2.24, 2.45) is 5.92 Å². The highest BCUT2D eigenvalue weighted by Gasteiger charge is 2.35. The lowest BCUT2D eigenvalue weighted by atomic mass is 9.80. The molecule has 10 heteroatoms. The Morgan fingerprint density at radius 2 is 1.10 bits per heavy atom. The molecule has 4 aromatic rings. The van der Waals surface area contributed by atoms with Gasteiger partial charge in [-0.3, -0.25) is 9.59 Å². The Labute approximate surface area is 282 Å². The van der Waals surface area contributed by atoms with Crippen LogP contribution in [0.15, 0.2) is 60.9 Å². The number of H-pyrrole nitrogens is 2. The molecule has 2 aliphatic rings. The number of hydrogen-bond acceptors (Lipinski definition) is 6. The number of imidazole rings is 2. The van der Waals surface area contributed by atoms with Crippen molar-refractivity contribution < 1.29 is 19.8 Å². The van der Waals surface area contributed by atoms with Crippen LogP contribution in [0.1, 0.15) is 95.6 Å². The molecule has 0 bridgehead atoms. The Bertz CT molecular complexity index is 1700. The summed E-state index contributed by atoms with van der Waals surface area (Å²) in [6, 6.07) is 16.6. The molecule has 2 aromatic carbocycles. The Morgan fingerprint density at radius 1 is 0.688 bits per heavy atom. The molecule has 2 aliphatic carbocycles. The van der Waals surface area contributed by atoms with E-state index in [1.165, 1.54) is 0 Å². The zero-order chi connectivity index (χ0) is 33.9. The van der Waals surface area contributed by atoms with Crippen molar-refractivity contribution in [3.05, 3.63) is 72.6 Å². The third-order valence-electron chi connectivity index (χ3n) is 10.2. The lowest BCUT2D eigenvalue weighted by Crippen LogP contribution is -2.48. The number of aromatic amines is 2. The summed E-state index contributed by atoms with van der Waals surface area (Å²) in [5, 5.41) is 26.3. The first-order valence-corrected chi connectivity index (χ1v) is 17.3. The third-order valence-corrected chi connectivity index (χ3v) is 10.2. The number of carbonyl (C=O) groups is 2. The summed E-state index contributed by atoms with van der Waals surface area (Å²) in [6.07, 6.45) is 9.26. The van der Waals surface area contributed by atoms with Gasteiger partial charge in [0.1, 0.15) is 11.6 Å². The van der Waals surface area contributed by atoms with E-state index in [1.54, 1.807) is 6.20 Å². The van der Waals surface area contributed by atoms with Gasteiger partial charge in [-0.1, -0.05) is 69.3 Å². The van der Waals surface area contributed by atoms with Crippen LogP contribution in [0.3, 0.4) is 0 Å². The predicted molar refractivity (Wildman–Crippen MR) is 186 cm³/mol. The molecule has 0 unspecified atom stereocenters. The van der Waals surface area contributed by atoms with Gasteiger partial charge in [-0.2, -0.15) is 0 Å². The smallest absolute Gasteiger partial charge is 0.220 e. The third kappa shape index (κ3) is 7.88. The monoisotopic (exact) mass is 652 g/mol. The molecule has 0 spiro atoms. The predicted octanol–water partition coefficient (Wildman–Crippen LogP) is 5.82. The standard InChI is InChI=1S/C38H48N6O4/c1-24(2)30(19-34(46)42-23-38(48)16-5-17-38)36-40-21-32(44-36)29-12-8-27(9-13-29)26-6-10-28(11-7-26)31-20-39-35(43-31)25(3)18-33(45)41-22-37(47)14-4-15-37/h6-13,20-21,24-25,30,47-48H,4-5,14-19,22-23H2,1-3H3,(H,39,43)(H,40,44)(H,41,45)(H,42,46)/t25-,30+/m1/s1. The van der Waals surface area contributed by atoms with E-state index in [4.69, 9.17) is 0 Å². The fourth-order valence-electron chi connectivity index (χ4n) is 6.51. The van der Waals surface area contributed by atoms with Crippen LogP contribution in [0.25, 0.3) is 33.6 Å². The van der Waals surface area contributed by atoms with E-state index in [0.29, 0.717) is 25.9 Å². The topological polar surface area (TPSA) is 156 Å². The van der Waals surface area contributed by atoms with Crippen molar-refractivity contribution in [3.63, 3.8) is 0 Å². The largest absolute Gasteiger partial charge is 0.388 e. The number of rotatable bonds is 14. The van der Waals surface area contributed by atoms with Crippen molar-refractivity contribution in [3.8, 4) is 33.6 Å². The molecule has 0 radical (unpaired) electrons. The van der Waals surface area contributed by atoms with E-state index < -0.39 is 11.2 Å². The molecule has 10 nitrogen and oxygen atoms in total. The number of amides is 2. The number of hydrogen-bond donors (Lipinski definition) is 6. The van der Waals surface area contributed by atoms with Crippen LogP contribution in [0, 0.1) is 5.92 Å². The Morgan fingerprint density at radius 3 is 1.54 bits per heavy atom. The first-order valence-electron chi connectivity index (χ1n) is 17.3. The summed E-state index contributed by atoms with van der Waals surface area (Å²) < 4.78 is 0. The first-order chi connectivity index (χ1) is 23.0. The van der Waals surface area contributed by atoms with Gasteiger partial charge in [0, 0.05) is 37.8 Å². The maximum Gasteiger partial charge on any atom is 0.220 e. The number of carbonyl (C=O) groups excluding carboxylic acids is 2. The average Bonchev–Trinajstić information content (AvgIpc) is 3.75. The summed E-state index contributed by atoms with van der Waals surface area (Å²) in [7, 11) is 0. The number of nitrogens with one attached hydrogen (secondary N) is 4. The SMILES string of the molecule is CC(C)[C@H](CC(=O)NCC1(O)CCC1)c1ncc(-c2ccc(-c3ccc(-c4cnc([C@H](C)CC(=O)NCC5(O)CCC5)[nH]4)cc3)cc2)[nH]1. The van der Waals surface area contributed by atoms with Gasteiger partial charge >= 0.3 is 0 Å². The minimum atomic E-state index is -0.736. The molecular weight excluding hydrogens is 604 g/mol. The first kappa shape index (κ1) is 33.6. The maximum atomic E-state index is 12.7. The zero-order valence-electron chi connectivity index (χ0n) is 28.2. The van der Waals surface area contributed by atoms with Crippen molar-refractivity contribution in [2.45, 2.75) is 95.2 Å². The molecule has 254 valence electrons. The van der Waals surface area contributed by atoms with Crippen molar-refractivity contribution in [1.82, 2.24) is 30.6 Å². The average molecular weight is 653 g/mol. The molecule has 0 aliphatic heterocycles. The van der Waals surface area contributed by atoms with Gasteiger partial charge in [-0.05, 0) is 66.7 Å². The van der Waals surface area contributed by atoms with Gasteiger partial charge in [-0.15, -0.1) is 0 Å². The van der Waals surface area contributed by atoms with Crippen LogP contribution >= 0.6 is 0 Å². The summed E-state index contributed by atoms with van der Waals surface area (Å²) in [4.78, 5) is 41.1. The molecule has 0 saturated heterocycles. The van der Waals surface area contributed by atoms with Gasteiger partial charge < -0.3 is 30.8 Å².